The highest BCUT2D eigenvalue weighted by Gasteiger charge is 2.07. The zero-order valence-electron chi connectivity index (χ0n) is 11.3. The third-order valence-corrected chi connectivity index (χ3v) is 2.49. The Morgan fingerprint density at radius 1 is 1.07 bits per heavy atom. The first-order valence-electron chi connectivity index (χ1n) is 6.26. The lowest BCUT2D eigenvalue weighted by Crippen LogP contribution is -2.03. The second-order valence-electron chi connectivity index (χ2n) is 5.57. The summed E-state index contributed by atoms with van der Waals surface area (Å²) >= 11 is 0. The summed E-state index contributed by atoms with van der Waals surface area (Å²) in [5, 5.41) is 0. The maximum absolute atomic E-state index is 2.41. The smallest absolute Gasteiger partial charge is 0.0288 e. The molecule has 0 N–H and O–H groups in total. The Hall–Kier alpha value is -0.520. The fraction of sp³-hybridized carbons (Fsp3) is 0.733. The van der Waals surface area contributed by atoms with E-state index >= 15 is 0 Å². The van der Waals surface area contributed by atoms with Gasteiger partial charge in [0.05, 0.1) is 0 Å². The van der Waals surface area contributed by atoms with Crippen LogP contribution in [0.1, 0.15) is 66.7 Å². The van der Waals surface area contributed by atoms with Crippen molar-refractivity contribution < 1.29 is 0 Å². The molecule has 0 radical (unpaired) electrons. The van der Waals surface area contributed by atoms with E-state index in [1.807, 2.05) is 0 Å². The van der Waals surface area contributed by atoms with E-state index in [9.17, 15) is 0 Å². The van der Waals surface area contributed by atoms with Crippen LogP contribution < -0.4 is 0 Å². The number of hydrogen-bond donors (Lipinski definition) is 0. The third kappa shape index (κ3) is 11.4. The molecule has 0 aromatic rings. The van der Waals surface area contributed by atoms with E-state index in [4.69, 9.17) is 0 Å². The first-order chi connectivity index (χ1) is 6.95. The predicted molar refractivity (Wildman–Crippen MR) is 71.1 cm³/mol. The van der Waals surface area contributed by atoms with Crippen LogP contribution in [0.2, 0.25) is 0 Å². The van der Waals surface area contributed by atoms with E-state index in [-0.39, 0.29) is 0 Å². The highest BCUT2D eigenvalue weighted by atomic mass is 14.1. The fourth-order valence-corrected chi connectivity index (χ4v) is 1.45. The monoisotopic (exact) mass is 208 g/mol. The molecule has 0 fully saturated rings. The van der Waals surface area contributed by atoms with E-state index in [0.717, 1.165) is 6.42 Å². The van der Waals surface area contributed by atoms with Gasteiger partial charge in [0.15, 0.2) is 0 Å². The lowest BCUT2D eigenvalue weighted by atomic mass is 9.90. The standard InChI is InChI=1S/C15H28/c1-6-7-8-9-11-14(2)12-10-13-15(3,4)5/h7-8,12H,6,9-11,13H2,1-5H3. The maximum atomic E-state index is 2.41. The van der Waals surface area contributed by atoms with Crippen LogP contribution in [0.15, 0.2) is 23.8 Å². The second-order valence-corrected chi connectivity index (χ2v) is 5.57. The van der Waals surface area contributed by atoms with Gasteiger partial charge >= 0.3 is 0 Å². The number of rotatable bonds is 6. The van der Waals surface area contributed by atoms with E-state index in [2.05, 4.69) is 52.8 Å². The van der Waals surface area contributed by atoms with Gasteiger partial charge in [0.1, 0.15) is 0 Å². The molecule has 0 atom stereocenters. The average Bonchev–Trinajstić information content (AvgIpc) is 2.10. The van der Waals surface area contributed by atoms with Gasteiger partial charge < -0.3 is 0 Å². The number of allylic oxidation sites excluding steroid dienone is 4. The maximum Gasteiger partial charge on any atom is -0.0288 e. The lowest BCUT2D eigenvalue weighted by molar-refractivity contribution is 0.381. The molecule has 0 aliphatic carbocycles. The fourth-order valence-electron chi connectivity index (χ4n) is 1.45. The van der Waals surface area contributed by atoms with Crippen molar-refractivity contribution in [3.8, 4) is 0 Å². The van der Waals surface area contributed by atoms with Gasteiger partial charge in [0.2, 0.25) is 0 Å². The van der Waals surface area contributed by atoms with Crippen LogP contribution in [0.3, 0.4) is 0 Å². The minimum Gasteiger partial charge on any atom is -0.0888 e. The first kappa shape index (κ1) is 14.5. The molecule has 15 heavy (non-hydrogen) atoms. The van der Waals surface area contributed by atoms with Crippen molar-refractivity contribution in [2.24, 2.45) is 5.41 Å². The van der Waals surface area contributed by atoms with E-state index in [0.29, 0.717) is 5.41 Å². The molecule has 0 aromatic heterocycles. The summed E-state index contributed by atoms with van der Waals surface area (Å²) in [6.07, 6.45) is 13.1. The van der Waals surface area contributed by atoms with Crippen LogP contribution >= 0.6 is 0 Å². The van der Waals surface area contributed by atoms with Crippen molar-refractivity contribution >= 4 is 0 Å². The lowest BCUT2D eigenvalue weighted by Gasteiger charge is -2.16. The van der Waals surface area contributed by atoms with Crippen LogP contribution in [-0.4, -0.2) is 0 Å². The van der Waals surface area contributed by atoms with Gasteiger partial charge in [-0.2, -0.15) is 0 Å². The van der Waals surface area contributed by atoms with Crippen LogP contribution in [-0.2, 0) is 0 Å². The van der Waals surface area contributed by atoms with Gasteiger partial charge in [-0.15, -0.1) is 0 Å². The molecule has 0 bridgehead atoms. The van der Waals surface area contributed by atoms with Gasteiger partial charge in [0, 0.05) is 0 Å². The molecule has 0 aliphatic heterocycles. The summed E-state index contributed by atoms with van der Waals surface area (Å²) < 4.78 is 0. The minimum absolute atomic E-state index is 0.471. The van der Waals surface area contributed by atoms with Crippen molar-refractivity contribution in [1.82, 2.24) is 0 Å². The Balaban J connectivity index is 3.66. The van der Waals surface area contributed by atoms with Crippen molar-refractivity contribution in [1.29, 1.82) is 0 Å². The van der Waals surface area contributed by atoms with E-state index in [1.54, 1.807) is 5.57 Å². The number of hydrogen-bond acceptors (Lipinski definition) is 0. The molecular formula is C15H28. The summed E-state index contributed by atoms with van der Waals surface area (Å²) in [5.41, 5.74) is 2.01. The zero-order chi connectivity index (χ0) is 11.7. The first-order valence-corrected chi connectivity index (χ1v) is 6.26. The largest absolute Gasteiger partial charge is 0.0888 e. The minimum atomic E-state index is 0.471. The van der Waals surface area contributed by atoms with Gasteiger partial charge in [-0.25, -0.2) is 0 Å². The summed E-state index contributed by atoms with van der Waals surface area (Å²) in [6, 6.07) is 0. The molecule has 0 saturated carbocycles. The highest BCUT2D eigenvalue weighted by Crippen LogP contribution is 2.21. The molecule has 0 aromatic carbocycles. The SMILES string of the molecule is CCC=CCCC(C)=CCCC(C)(C)C. The molecule has 0 nitrogen and oxygen atoms in total. The summed E-state index contributed by atoms with van der Waals surface area (Å²) in [4.78, 5) is 0. The molecule has 0 spiro atoms. The summed E-state index contributed by atoms with van der Waals surface area (Å²) in [7, 11) is 0. The normalized spacial score (nSPS) is 13.8. The molecular weight excluding hydrogens is 180 g/mol. The Morgan fingerprint density at radius 2 is 1.73 bits per heavy atom. The predicted octanol–water partition coefficient (Wildman–Crippen LogP) is 5.51. The zero-order valence-corrected chi connectivity index (χ0v) is 11.3. The Labute approximate surface area is 96.5 Å². The Kier molecular flexibility index (Phi) is 7.46. The molecule has 0 unspecified atom stereocenters. The molecule has 0 heterocycles. The van der Waals surface area contributed by atoms with Crippen LogP contribution in [0.25, 0.3) is 0 Å². The molecule has 0 saturated heterocycles. The van der Waals surface area contributed by atoms with Gasteiger partial charge in [0.25, 0.3) is 0 Å². The van der Waals surface area contributed by atoms with E-state index in [1.165, 1.54) is 25.7 Å². The average molecular weight is 208 g/mol. The summed E-state index contributed by atoms with van der Waals surface area (Å²) in [5.74, 6) is 0. The topological polar surface area (TPSA) is 0 Å². The van der Waals surface area contributed by atoms with Crippen LogP contribution in [0, 0.1) is 5.41 Å². The molecule has 0 aliphatic rings. The van der Waals surface area contributed by atoms with Crippen LogP contribution in [0.4, 0.5) is 0 Å². The van der Waals surface area contributed by atoms with Crippen molar-refractivity contribution in [3.05, 3.63) is 23.8 Å². The third-order valence-electron chi connectivity index (χ3n) is 2.49. The summed E-state index contributed by atoms with van der Waals surface area (Å²) in [6.45, 7) is 11.4. The Morgan fingerprint density at radius 3 is 2.27 bits per heavy atom. The van der Waals surface area contributed by atoms with Crippen molar-refractivity contribution in [2.45, 2.75) is 66.7 Å². The molecule has 0 heteroatoms. The highest BCUT2D eigenvalue weighted by molar-refractivity contribution is 5.00. The molecule has 88 valence electrons. The van der Waals surface area contributed by atoms with Crippen LogP contribution in [0.5, 0.6) is 0 Å². The van der Waals surface area contributed by atoms with Gasteiger partial charge in [-0.1, -0.05) is 51.5 Å². The van der Waals surface area contributed by atoms with Crippen molar-refractivity contribution in [2.75, 3.05) is 0 Å². The van der Waals surface area contributed by atoms with Crippen molar-refractivity contribution in [3.63, 3.8) is 0 Å². The van der Waals surface area contributed by atoms with Gasteiger partial charge in [-0.05, 0) is 44.4 Å². The Bertz CT molecular complexity index is 201. The van der Waals surface area contributed by atoms with Gasteiger partial charge in [-0.3, -0.25) is 0 Å². The molecule has 0 amide bonds. The quantitative estimate of drug-likeness (QED) is 0.505. The second kappa shape index (κ2) is 7.73. The molecule has 0 rings (SSSR count). The van der Waals surface area contributed by atoms with E-state index < -0.39 is 0 Å².